The van der Waals surface area contributed by atoms with Gasteiger partial charge in [0.05, 0.1) is 17.1 Å². The lowest BCUT2D eigenvalue weighted by Gasteiger charge is -2.30. The molecule has 2 aromatic rings. The maximum atomic E-state index is 12.8. The molecule has 7 nitrogen and oxygen atoms in total. The van der Waals surface area contributed by atoms with Crippen LogP contribution in [0.3, 0.4) is 0 Å². The van der Waals surface area contributed by atoms with Crippen LogP contribution in [0, 0.1) is 12.8 Å². The van der Waals surface area contributed by atoms with E-state index in [1.807, 2.05) is 6.92 Å². The third-order valence-corrected chi connectivity index (χ3v) is 7.06. The fourth-order valence-corrected chi connectivity index (χ4v) is 4.84. The minimum atomic E-state index is -3.55. The molecule has 1 N–H and O–H groups in total. The van der Waals surface area contributed by atoms with Gasteiger partial charge in [-0.25, -0.2) is 13.2 Å². The van der Waals surface area contributed by atoms with Gasteiger partial charge in [0.1, 0.15) is 0 Å². The number of esters is 1. The SMILES string of the molecule is CCOC(=O)c1ccc(NC(=O)C2CCN(S(=O)(=O)c3ccc(C)cc3)CC2)cc1. The topological polar surface area (TPSA) is 92.8 Å². The van der Waals surface area contributed by atoms with Gasteiger partial charge in [-0.15, -0.1) is 0 Å². The van der Waals surface area contributed by atoms with Crippen molar-refractivity contribution in [1.82, 2.24) is 4.31 Å². The molecule has 160 valence electrons. The van der Waals surface area contributed by atoms with Crippen molar-refractivity contribution in [3.8, 4) is 0 Å². The fraction of sp³-hybridized carbons (Fsp3) is 0.364. The van der Waals surface area contributed by atoms with E-state index in [2.05, 4.69) is 5.32 Å². The Morgan fingerprint density at radius 1 is 1.03 bits per heavy atom. The Morgan fingerprint density at radius 2 is 1.63 bits per heavy atom. The predicted octanol–water partition coefficient (Wildman–Crippen LogP) is 3.21. The summed E-state index contributed by atoms with van der Waals surface area (Å²) in [6.45, 7) is 4.55. The smallest absolute Gasteiger partial charge is 0.338 e. The second kappa shape index (κ2) is 9.40. The number of anilines is 1. The quantitative estimate of drug-likeness (QED) is 0.711. The number of benzene rings is 2. The zero-order chi connectivity index (χ0) is 21.7. The highest BCUT2D eigenvalue weighted by molar-refractivity contribution is 7.89. The molecular weight excluding hydrogens is 404 g/mol. The maximum Gasteiger partial charge on any atom is 0.338 e. The van der Waals surface area contributed by atoms with Gasteiger partial charge in [0.15, 0.2) is 0 Å². The van der Waals surface area contributed by atoms with Gasteiger partial charge in [-0.3, -0.25) is 4.79 Å². The van der Waals surface area contributed by atoms with Crippen LogP contribution in [-0.4, -0.2) is 44.3 Å². The number of ether oxygens (including phenoxy) is 1. The second-order valence-corrected chi connectivity index (χ2v) is 9.22. The molecule has 3 rings (SSSR count). The first kappa shape index (κ1) is 22.0. The summed E-state index contributed by atoms with van der Waals surface area (Å²) >= 11 is 0. The summed E-state index contributed by atoms with van der Waals surface area (Å²) in [5, 5.41) is 2.84. The summed E-state index contributed by atoms with van der Waals surface area (Å²) in [5.41, 5.74) is 2.01. The van der Waals surface area contributed by atoms with Gasteiger partial charge in [-0.1, -0.05) is 17.7 Å². The van der Waals surface area contributed by atoms with Crippen molar-refractivity contribution >= 4 is 27.6 Å². The molecule has 1 amide bonds. The van der Waals surface area contributed by atoms with Crippen LogP contribution in [0.5, 0.6) is 0 Å². The number of rotatable bonds is 6. The van der Waals surface area contributed by atoms with Gasteiger partial charge in [0.25, 0.3) is 0 Å². The molecule has 0 aliphatic carbocycles. The Hall–Kier alpha value is -2.71. The van der Waals surface area contributed by atoms with Crippen molar-refractivity contribution in [3.05, 3.63) is 59.7 Å². The first-order valence-electron chi connectivity index (χ1n) is 9.96. The zero-order valence-corrected chi connectivity index (χ0v) is 17.9. The minimum absolute atomic E-state index is 0.147. The Labute approximate surface area is 177 Å². The molecule has 1 aliphatic rings. The van der Waals surface area contributed by atoms with Crippen LogP contribution in [0.4, 0.5) is 5.69 Å². The molecule has 1 aliphatic heterocycles. The Balaban J connectivity index is 1.56. The number of amides is 1. The van der Waals surface area contributed by atoms with E-state index in [-0.39, 0.29) is 16.7 Å². The Kier molecular flexibility index (Phi) is 6.89. The van der Waals surface area contributed by atoms with E-state index in [0.717, 1.165) is 5.56 Å². The summed E-state index contributed by atoms with van der Waals surface area (Å²) < 4.78 is 32.0. The van der Waals surface area contributed by atoms with Gasteiger partial charge in [-0.2, -0.15) is 4.31 Å². The van der Waals surface area contributed by atoms with E-state index in [1.54, 1.807) is 55.5 Å². The largest absolute Gasteiger partial charge is 0.462 e. The molecule has 8 heteroatoms. The number of carbonyl (C=O) groups excluding carboxylic acids is 2. The number of hydrogen-bond acceptors (Lipinski definition) is 5. The van der Waals surface area contributed by atoms with Crippen LogP contribution >= 0.6 is 0 Å². The average Bonchev–Trinajstić information content (AvgIpc) is 2.75. The molecule has 0 atom stereocenters. The Morgan fingerprint density at radius 3 is 2.20 bits per heavy atom. The van der Waals surface area contributed by atoms with Crippen LogP contribution < -0.4 is 5.32 Å². The summed E-state index contributed by atoms with van der Waals surface area (Å²) in [6, 6.07) is 13.3. The highest BCUT2D eigenvalue weighted by Crippen LogP contribution is 2.25. The van der Waals surface area contributed by atoms with Crippen molar-refractivity contribution in [2.45, 2.75) is 31.6 Å². The molecule has 0 bridgehead atoms. The van der Waals surface area contributed by atoms with Crippen LogP contribution in [0.25, 0.3) is 0 Å². The third kappa shape index (κ3) is 5.06. The van der Waals surface area contributed by atoms with Gasteiger partial charge in [0, 0.05) is 24.7 Å². The molecule has 0 unspecified atom stereocenters. The molecule has 1 fully saturated rings. The molecule has 2 aromatic carbocycles. The molecule has 30 heavy (non-hydrogen) atoms. The molecule has 0 spiro atoms. The van der Waals surface area contributed by atoms with E-state index in [0.29, 0.717) is 43.8 Å². The first-order chi connectivity index (χ1) is 14.3. The van der Waals surface area contributed by atoms with Crippen LogP contribution in [0.15, 0.2) is 53.4 Å². The van der Waals surface area contributed by atoms with Gasteiger partial charge < -0.3 is 10.1 Å². The zero-order valence-electron chi connectivity index (χ0n) is 17.1. The van der Waals surface area contributed by atoms with E-state index >= 15 is 0 Å². The van der Waals surface area contributed by atoms with E-state index in [9.17, 15) is 18.0 Å². The highest BCUT2D eigenvalue weighted by atomic mass is 32.2. The average molecular weight is 431 g/mol. The van der Waals surface area contributed by atoms with Crippen LogP contribution in [0.1, 0.15) is 35.7 Å². The lowest BCUT2D eigenvalue weighted by atomic mass is 9.97. The normalized spacial score (nSPS) is 15.5. The number of carbonyl (C=O) groups is 2. The maximum absolute atomic E-state index is 12.8. The van der Waals surface area contributed by atoms with Crippen molar-refractivity contribution in [3.63, 3.8) is 0 Å². The molecule has 1 saturated heterocycles. The van der Waals surface area contributed by atoms with E-state index < -0.39 is 16.0 Å². The summed E-state index contributed by atoms with van der Waals surface area (Å²) in [4.78, 5) is 24.6. The van der Waals surface area contributed by atoms with Crippen molar-refractivity contribution in [2.24, 2.45) is 5.92 Å². The molecule has 1 heterocycles. The molecule has 0 radical (unpaired) electrons. The minimum Gasteiger partial charge on any atom is -0.462 e. The first-order valence-corrected chi connectivity index (χ1v) is 11.4. The van der Waals surface area contributed by atoms with Crippen molar-refractivity contribution < 1.29 is 22.7 Å². The van der Waals surface area contributed by atoms with Crippen molar-refractivity contribution in [2.75, 3.05) is 25.0 Å². The predicted molar refractivity (Wildman–Crippen MR) is 114 cm³/mol. The molecular formula is C22H26N2O5S. The fourth-order valence-electron chi connectivity index (χ4n) is 3.37. The van der Waals surface area contributed by atoms with Gasteiger partial charge in [-0.05, 0) is 63.1 Å². The lowest BCUT2D eigenvalue weighted by Crippen LogP contribution is -2.41. The number of piperidine rings is 1. The summed E-state index contributed by atoms with van der Waals surface area (Å²) in [7, 11) is -3.55. The van der Waals surface area contributed by atoms with Crippen molar-refractivity contribution in [1.29, 1.82) is 0 Å². The number of hydrogen-bond donors (Lipinski definition) is 1. The number of sulfonamides is 1. The van der Waals surface area contributed by atoms with E-state index in [1.165, 1.54) is 4.31 Å². The van der Waals surface area contributed by atoms with Gasteiger partial charge >= 0.3 is 5.97 Å². The third-order valence-electron chi connectivity index (χ3n) is 5.15. The standard InChI is InChI=1S/C22H26N2O5S/c1-3-29-22(26)18-6-8-19(9-7-18)23-21(25)17-12-14-24(15-13-17)30(27,28)20-10-4-16(2)5-11-20/h4-11,17H,3,12-15H2,1-2H3,(H,23,25). The van der Waals surface area contributed by atoms with Gasteiger partial charge in [0.2, 0.25) is 15.9 Å². The number of nitrogens with one attached hydrogen (secondary N) is 1. The molecule has 0 aromatic heterocycles. The highest BCUT2D eigenvalue weighted by Gasteiger charge is 2.32. The Bertz CT molecular complexity index is 993. The monoisotopic (exact) mass is 430 g/mol. The summed E-state index contributed by atoms with van der Waals surface area (Å²) in [6.07, 6.45) is 0.912. The van der Waals surface area contributed by atoms with Crippen LogP contribution in [-0.2, 0) is 19.6 Å². The lowest BCUT2D eigenvalue weighted by molar-refractivity contribution is -0.120. The van der Waals surface area contributed by atoms with E-state index in [4.69, 9.17) is 4.74 Å². The second-order valence-electron chi connectivity index (χ2n) is 7.28. The number of nitrogens with zero attached hydrogens (tertiary/aromatic N) is 1. The number of aryl methyl sites for hydroxylation is 1. The molecule has 0 saturated carbocycles. The van der Waals surface area contributed by atoms with Crippen LogP contribution in [0.2, 0.25) is 0 Å². The summed E-state index contributed by atoms with van der Waals surface area (Å²) in [5.74, 6) is -0.817.